The third kappa shape index (κ3) is 2.33. The van der Waals surface area contributed by atoms with Crippen molar-refractivity contribution in [2.75, 3.05) is 0 Å². The summed E-state index contributed by atoms with van der Waals surface area (Å²) < 4.78 is 6.23. The highest BCUT2D eigenvalue weighted by atomic mass is 35.5. The molecule has 0 N–H and O–H groups in total. The van der Waals surface area contributed by atoms with Gasteiger partial charge in [0.1, 0.15) is 11.2 Å². The fourth-order valence-electron chi connectivity index (χ4n) is 3.60. The van der Waals surface area contributed by atoms with Gasteiger partial charge in [0.05, 0.1) is 5.02 Å². The van der Waals surface area contributed by atoms with E-state index in [0.29, 0.717) is 0 Å². The van der Waals surface area contributed by atoms with Gasteiger partial charge in [0.2, 0.25) is 0 Å². The second-order valence-electron chi connectivity index (χ2n) is 6.31. The first-order chi connectivity index (χ1) is 12.8. The number of halogens is 1. The van der Waals surface area contributed by atoms with Crippen molar-refractivity contribution in [3.05, 3.63) is 96.0 Å². The number of fused-ring (bicyclic) bond motifs is 3. The van der Waals surface area contributed by atoms with E-state index in [2.05, 4.69) is 66.7 Å². The lowest BCUT2D eigenvalue weighted by Gasteiger charge is -2.10. The van der Waals surface area contributed by atoms with E-state index in [1.807, 2.05) is 24.3 Å². The third-order valence-electron chi connectivity index (χ3n) is 4.77. The van der Waals surface area contributed by atoms with Crippen LogP contribution < -0.4 is 0 Å². The fourth-order valence-corrected chi connectivity index (χ4v) is 3.87. The van der Waals surface area contributed by atoms with Gasteiger partial charge in [-0.05, 0) is 28.8 Å². The Morgan fingerprint density at radius 1 is 0.577 bits per heavy atom. The molecule has 0 spiro atoms. The van der Waals surface area contributed by atoms with Crippen LogP contribution in [0.3, 0.4) is 0 Å². The summed E-state index contributed by atoms with van der Waals surface area (Å²) >= 11 is 6.44. The van der Waals surface area contributed by atoms with Gasteiger partial charge in [-0.15, -0.1) is 0 Å². The predicted molar refractivity (Wildman–Crippen MR) is 110 cm³/mol. The summed E-state index contributed by atoms with van der Waals surface area (Å²) in [6, 6.07) is 30.9. The van der Waals surface area contributed by atoms with Gasteiger partial charge in [-0.2, -0.15) is 0 Å². The van der Waals surface area contributed by atoms with Crippen molar-refractivity contribution >= 4 is 33.5 Å². The van der Waals surface area contributed by atoms with Crippen LogP contribution in [-0.2, 0) is 0 Å². The minimum atomic E-state index is 0.717. The molecule has 26 heavy (non-hydrogen) atoms. The average Bonchev–Trinajstić information content (AvgIpc) is 3.09. The van der Waals surface area contributed by atoms with E-state index in [4.69, 9.17) is 16.0 Å². The Labute approximate surface area is 156 Å². The molecule has 0 aliphatic rings. The quantitative estimate of drug-likeness (QED) is 0.318. The SMILES string of the molecule is Clc1cccc2oc3c(-c4ccccc4-c4ccccc4)cccc3c12. The highest BCUT2D eigenvalue weighted by Gasteiger charge is 2.16. The minimum absolute atomic E-state index is 0.717. The van der Waals surface area contributed by atoms with Crippen molar-refractivity contribution in [3.8, 4) is 22.3 Å². The summed E-state index contributed by atoms with van der Waals surface area (Å²) in [5, 5.41) is 2.74. The molecule has 0 aliphatic heterocycles. The lowest BCUT2D eigenvalue weighted by molar-refractivity contribution is 0.670. The van der Waals surface area contributed by atoms with E-state index in [9.17, 15) is 0 Å². The fraction of sp³-hybridized carbons (Fsp3) is 0. The van der Waals surface area contributed by atoms with Crippen molar-refractivity contribution in [2.24, 2.45) is 0 Å². The van der Waals surface area contributed by atoms with E-state index in [1.165, 1.54) is 11.1 Å². The van der Waals surface area contributed by atoms with Crippen LogP contribution in [0.1, 0.15) is 0 Å². The van der Waals surface area contributed by atoms with Gasteiger partial charge in [0, 0.05) is 16.3 Å². The zero-order chi connectivity index (χ0) is 17.5. The molecular weight excluding hydrogens is 340 g/mol. The molecule has 5 rings (SSSR count). The highest BCUT2D eigenvalue weighted by Crippen LogP contribution is 2.41. The van der Waals surface area contributed by atoms with E-state index in [0.717, 1.165) is 38.1 Å². The summed E-state index contributed by atoms with van der Waals surface area (Å²) in [6.07, 6.45) is 0. The molecule has 124 valence electrons. The maximum atomic E-state index is 6.44. The molecule has 5 aromatic rings. The average molecular weight is 355 g/mol. The summed E-state index contributed by atoms with van der Waals surface area (Å²) in [4.78, 5) is 0. The normalized spacial score (nSPS) is 11.3. The molecule has 1 nitrogen and oxygen atoms in total. The number of benzene rings is 4. The topological polar surface area (TPSA) is 13.1 Å². The molecule has 0 unspecified atom stereocenters. The summed E-state index contributed by atoms with van der Waals surface area (Å²) in [5.74, 6) is 0. The number of furan rings is 1. The molecule has 0 saturated heterocycles. The van der Waals surface area contributed by atoms with Crippen molar-refractivity contribution < 1.29 is 4.42 Å². The lowest BCUT2D eigenvalue weighted by atomic mass is 9.93. The van der Waals surface area contributed by atoms with Crippen LogP contribution in [0, 0.1) is 0 Å². The van der Waals surface area contributed by atoms with Crippen molar-refractivity contribution in [1.29, 1.82) is 0 Å². The second-order valence-corrected chi connectivity index (χ2v) is 6.72. The van der Waals surface area contributed by atoms with E-state index >= 15 is 0 Å². The Hall–Kier alpha value is -3.03. The molecular formula is C24H15ClO. The maximum Gasteiger partial charge on any atom is 0.143 e. The molecule has 0 radical (unpaired) electrons. The zero-order valence-corrected chi connectivity index (χ0v) is 14.7. The van der Waals surface area contributed by atoms with E-state index in [-0.39, 0.29) is 0 Å². The first kappa shape index (κ1) is 15.2. The Kier molecular flexibility index (Phi) is 3.55. The zero-order valence-electron chi connectivity index (χ0n) is 13.9. The van der Waals surface area contributed by atoms with Crippen molar-refractivity contribution in [3.63, 3.8) is 0 Å². The van der Waals surface area contributed by atoms with Gasteiger partial charge in [0.25, 0.3) is 0 Å². The van der Waals surface area contributed by atoms with Crippen LogP contribution >= 0.6 is 11.6 Å². The van der Waals surface area contributed by atoms with Crippen LogP contribution in [-0.4, -0.2) is 0 Å². The molecule has 1 heterocycles. The third-order valence-corrected chi connectivity index (χ3v) is 5.09. The van der Waals surface area contributed by atoms with Gasteiger partial charge in [0.15, 0.2) is 0 Å². The Balaban J connectivity index is 1.84. The van der Waals surface area contributed by atoms with Gasteiger partial charge < -0.3 is 4.42 Å². The molecule has 0 atom stereocenters. The molecule has 0 bridgehead atoms. The number of hydrogen-bond acceptors (Lipinski definition) is 1. The Bertz CT molecular complexity index is 1240. The van der Waals surface area contributed by atoms with Crippen LogP contribution in [0.15, 0.2) is 95.4 Å². The lowest BCUT2D eigenvalue weighted by Crippen LogP contribution is -1.85. The number of para-hydroxylation sites is 1. The first-order valence-corrected chi connectivity index (χ1v) is 8.95. The Morgan fingerprint density at radius 2 is 1.27 bits per heavy atom. The molecule has 1 aromatic heterocycles. The molecule has 2 heteroatoms. The van der Waals surface area contributed by atoms with Gasteiger partial charge in [-0.3, -0.25) is 0 Å². The summed E-state index contributed by atoms with van der Waals surface area (Å²) in [7, 11) is 0. The molecule has 4 aromatic carbocycles. The highest BCUT2D eigenvalue weighted by molar-refractivity contribution is 6.37. The monoisotopic (exact) mass is 354 g/mol. The summed E-state index contributed by atoms with van der Waals surface area (Å²) in [6.45, 7) is 0. The first-order valence-electron chi connectivity index (χ1n) is 8.57. The van der Waals surface area contributed by atoms with Crippen LogP contribution in [0.4, 0.5) is 0 Å². The largest absolute Gasteiger partial charge is 0.455 e. The van der Waals surface area contributed by atoms with Crippen molar-refractivity contribution in [1.82, 2.24) is 0 Å². The predicted octanol–water partition coefficient (Wildman–Crippen LogP) is 7.57. The van der Waals surface area contributed by atoms with Crippen LogP contribution in [0.2, 0.25) is 5.02 Å². The van der Waals surface area contributed by atoms with Gasteiger partial charge in [-0.25, -0.2) is 0 Å². The van der Waals surface area contributed by atoms with Gasteiger partial charge >= 0.3 is 0 Å². The molecule has 0 amide bonds. The molecule has 0 aliphatic carbocycles. The van der Waals surface area contributed by atoms with Crippen LogP contribution in [0.25, 0.3) is 44.2 Å². The smallest absolute Gasteiger partial charge is 0.143 e. The van der Waals surface area contributed by atoms with Gasteiger partial charge in [-0.1, -0.05) is 90.5 Å². The summed E-state index contributed by atoms with van der Waals surface area (Å²) in [5.41, 5.74) is 6.30. The molecule has 0 saturated carbocycles. The number of rotatable bonds is 2. The van der Waals surface area contributed by atoms with E-state index in [1.54, 1.807) is 0 Å². The standard InChI is InChI=1S/C24H15ClO/c25-21-14-7-15-22-23(21)20-13-6-12-19(24(20)26-22)18-11-5-4-10-17(18)16-8-2-1-3-9-16/h1-15H. The Morgan fingerprint density at radius 3 is 2.12 bits per heavy atom. The number of hydrogen-bond donors (Lipinski definition) is 0. The van der Waals surface area contributed by atoms with E-state index < -0.39 is 0 Å². The van der Waals surface area contributed by atoms with Crippen molar-refractivity contribution in [2.45, 2.75) is 0 Å². The van der Waals surface area contributed by atoms with Crippen LogP contribution in [0.5, 0.6) is 0 Å². The maximum absolute atomic E-state index is 6.44. The second kappa shape index (κ2) is 6.05. The molecule has 0 fully saturated rings. The minimum Gasteiger partial charge on any atom is -0.455 e.